The van der Waals surface area contributed by atoms with Gasteiger partial charge in [0, 0.05) is 0 Å². The first-order valence-corrected chi connectivity index (χ1v) is 11.2. The molecule has 2 aliphatic heterocycles. The number of phenolic OH excluding ortho intramolecular Hbond substituents is 1. The molecule has 36 heavy (non-hydrogen) atoms. The van der Waals surface area contributed by atoms with Gasteiger partial charge in [-0.2, -0.15) is 0 Å². The van der Waals surface area contributed by atoms with Crippen LogP contribution in [0.15, 0.2) is 42.5 Å². The number of benzene rings is 2. The summed E-state index contributed by atoms with van der Waals surface area (Å²) < 4.78 is -1.26. The third-order valence-corrected chi connectivity index (χ3v) is 7.98. The van der Waals surface area contributed by atoms with Crippen LogP contribution in [0.1, 0.15) is 47.8 Å². The van der Waals surface area contributed by atoms with E-state index in [1.165, 1.54) is 42.5 Å². The summed E-state index contributed by atoms with van der Waals surface area (Å²) in [5, 5.41) is 30.1. The number of carbonyl (C=O) groups excluding carboxylic acids is 2. The normalized spacial score (nSPS) is 24.6. The van der Waals surface area contributed by atoms with Gasteiger partial charge in [0.2, 0.25) is 11.6 Å². The number of aliphatic carboxylic acids is 1. The zero-order valence-corrected chi connectivity index (χ0v) is 22.5. The van der Waals surface area contributed by atoms with Crippen LogP contribution in [0.4, 0.5) is 0 Å². The number of para-hydroxylation sites is 1. The smallest absolute Gasteiger partial charge is 0.540 e. The van der Waals surface area contributed by atoms with Crippen LogP contribution in [0, 0.1) is 0 Å². The third-order valence-electron chi connectivity index (χ3n) is 6.29. The van der Waals surface area contributed by atoms with Crippen LogP contribution in [0.25, 0.3) is 0 Å². The first kappa shape index (κ1) is 28.0. The van der Waals surface area contributed by atoms with Gasteiger partial charge in [-0.3, -0.25) is 9.69 Å². The van der Waals surface area contributed by atoms with E-state index in [4.69, 9.17) is 10.6 Å². The number of amides is 1. The number of hydrogen-bond acceptors (Lipinski definition) is 9. The molecule has 0 spiro atoms. The summed E-state index contributed by atoms with van der Waals surface area (Å²) in [7, 11) is 0. The summed E-state index contributed by atoms with van der Waals surface area (Å²) >= 11 is 1.12. The number of nitrogens with two attached hydrogens (primary N) is 1. The number of aromatic carboxylic acids is 1. The Morgan fingerprint density at radius 1 is 1.22 bits per heavy atom. The van der Waals surface area contributed by atoms with E-state index in [1.54, 1.807) is 20.1 Å². The number of carbonyl (C=O) groups is 3. The fraction of sp³-hybridized carbons (Fsp3) is 0.304. The van der Waals surface area contributed by atoms with Crippen LogP contribution in [-0.4, -0.2) is 54.8 Å². The van der Waals surface area contributed by atoms with E-state index in [9.17, 15) is 34.5 Å². The Balaban J connectivity index is 0.00000361. The Hall–Kier alpha value is -2.61. The Labute approximate surface area is 232 Å². The molecule has 2 heterocycles. The van der Waals surface area contributed by atoms with Crippen molar-refractivity contribution >= 4 is 35.9 Å². The number of β-lactam (4-membered cyclic amide) rings is 1. The van der Waals surface area contributed by atoms with Crippen LogP contribution in [0.5, 0.6) is 11.5 Å². The van der Waals surface area contributed by atoms with Gasteiger partial charge < -0.3 is 30.7 Å². The molecule has 0 aliphatic carbocycles. The molecular weight excluding hydrogens is 501 g/mol. The zero-order chi connectivity index (χ0) is 25.8. The average Bonchev–Trinajstić information content (AvgIpc) is 2.97. The van der Waals surface area contributed by atoms with Gasteiger partial charge in [0.05, 0.1) is 11.2 Å². The maximum Gasteiger partial charge on any atom is 1.00 e. The second-order valence-corrected chi connectivity index (χ2v) is 10.6. The van der Waals surface area contributed by atoms with E-state index >= 15 is 0 Å². The van der Waals surface area contributed by atoms with E-state index < -0.39 is 39.2 Å². The summed E-state index contributed by atoms with van der Waals surface area (Å²) in [4.78, 5) is 54.1. The maximum absolute atomic E-state index is 13.0. The molecule has 11 nitrogen and oxygen atoms in total. The number of thioether (sulfide) groups is 1. The van der Waals surface area contributed by atoms with E-state index in [0.29, 0.717) is 5.56 Å². The molecule has 2 aromatic rings. The summed E-state index contributed by atoms with van der Waals surface area (Å²) in [5.41, 5.74) is 6.58. The number of aromatic hydroxyl groups is 1. The molecule has 2 aromatic carbocycles. The second-order valence-electron chi connectivity index (χ2n) is 8.69. The second kappa shape index (κ2) is 9.69. The van der Waals surface area contributed by atoms with Crippen molar-refractivity contribution < 1.29 is 68.9 Å². The number of hydrogen-bond donors (Lipinski definition) is 5. The van der Waals surface area contributed by atoms with Crippen molar-refractivity contribution in [1.82, 2.24) is 10.4 Å². The van der Waals surface area contributed by atoms with Crippen LogP contribution in [-0.2, 0) is 19.3 Å². The van der Waals surface area contributed by atoms with Gasteiger partial charge in [-0.15, -0.1) is 17.2 Å². The van der Waals surface area contributed by atoms with Crippen molar-refractivity contribution in [2.75, 3.05) is 0 Å². The largest absolute Gasteiger partial charge is 1.00 e. The van der Waals surface area contributed by atoms with Gasteiger partial charge in [-0.1, -0.05) is 29.8 Å². The van der Waals surface area contributed by atoms with Gasteiger partial charge in [0.1, 0.15) is 16.2 Å². The van der Waals surface area contributed by atoms with E-state index in [-0.39, 0.29) is 58.6 Å². The molecule has 0 radical (unpaired) electrons. The monoisotopic (exact) mass is 523 g/mol. The van der Waals surface area contributed by atoms with E-state index in [2.05, 4.69) is 5.48 Å². The van der Waals surface area contributed by atoms with Crippen LogP contribution >= 0.6 is 11.8 Å². The average molecular weight is 523 g/mol. The fourth-order valence-electron chi connectivity index (χ4n) is 4.69. The van der Waals surface area contributed by atoms with Crippen LogP contribution in [0.3, 0.4) is 0 Å². The van der Waals surface area contributed by atoms with Crippen molar-refractivity contribution in [1.29, 1.82) is 0 Å². The number of nitrogens with one attached hydrogen (secondary N) is 1. The van der Waals surface area contributed by atoms with Gasteiger partial charge in [-0.25, -0.2) is 15.9 Å². The quantitative estimate of drug-likeness (QED) is 0.117. The molecule has 3 atom stereocenters. The predicted octanol–water partition coefficient (Wildman–Crippen LogP) is -1.52. The van der Waals surface area contributed by atoms with Gasteiger partial charge >= 0.3 is 41.5 Å². The standard InChI is InChI=1S/C23H22N3O8S.Na/c1-21(2)23(20(32)33,25-34-17-6-4-3-5-14(17)19(30)31)26-18(29)10-22(26,35-21)15-9-12(28)7-8-13(15)16(24)11-27;/h3-9,16,25,28H,10,24H2,1-2H3,(H,30,31)(H,32,33);/q-1;+1. The summed E-state index contributed by atoms with van der Waals surface area (Å²) in [6, 6.07) is 8.53. The first-order chi connectivity index (χ1) is 16.4. The van der Waals surface area contributed by atoms with Crippen molar-refractivity contribution in [3.63, 3.8) is 0 Å². The molecule has 6 N–H and O–H groups in total. The number of hydroxylamine groups is 1. The third kappa shape index (κ3) is 3.98. The van der Waals surface area contributed by atoms with Gasteiger partial charge in [0.15, 0.2) is 5.75 Å². The minimum absolute atomic E-state index is 0. The topological polar surface area (TPSA) is 179 Å². The molecule has 3 unspecified atom stereocenters. The van der Waals surface area contributed by atoms with E-state index in [1.807, 2.05) is 0 Å². The van der Waals surface area contributed by atoms with Crippen molar-refractivity contribution in [2.45, 2.75) is 41.6 Å². The Kier molecular flexibility index (Phi) is 7.53. The number of rotatable bonds is 8. The van der Waals surface area contributed by atoms with Crippen LogP contribution in [0.2, 0.25) is 0 Å². The summed E-state index contributed by atoms with van der Waals surface area (Å²) in [6.45, 7) is 3.18. The van der Waals surface area contributed by atoms with Gasteiger partial charge in [-0.05, 0) is 43.7 Å². The Morgan fingerprint density at radius 2 is 1.89 bits per heavy atom. The van der Waals surface area contributed by atoms with Gasteiger partial charge in [0.25, 0.3) is 0 Å². The van der Waals surface area contributed by atoms with Crippen molar-refractivity contribution in [3.8, 4) is 11.5 Å². The molecular formula is C23H22N3NaO8S. The summed E-state index contributed by atoms with van der Waals surface area (Å²) in [6.07, 6.45) is 1.55. The Morgan fingerprint density at radius 3 is 2.47 bits per heavy atom. The number of phenols is 1. The number of carboxylic acid groups (broad SMARTS) is 2. The minimum atomic E-state index is -2.17. The molecule has 0 aromatic heterocycles. The van der Waals surface area contributed by atoms with Crippen molar-refractivity contribution in [3.05, 3.63) is 59.2 Å². The molecule has 1 amide bonds. The van der Waals surface area contributed by atoms with Crippen molar-refractivity contribution in [2.24, 2.45) is 5.73 Å². The molecule has 2 saturated heterocycles. The molecule has 0 saturated carbocycles. The summed E-state index contributed by atoms with van der Waals surface area (Å²) in [5.74, 6) is -3.59. The molecule has 2 aliphatic rings. The molecule has 4 rings (SSSR count). The molecule has 184 valence electrons. The first-order valence-electron chi connectivity index (χ1n) is 10.4. The number of nitrogens with zero attached hydrogens (tertiary/aromatic N) is 1. The Bertz CT molecular complexity index is 1260. The number of carboxylic acids is 2. The zero-order valence-electron chi connectivity index (χ0n) is 19.6. The maximum atomic E-state index is 13.0. The molecule has 2 fully saturated rings. The number of fused-ring (bicyclic) bond motifs is 1. The SMILES string of the molecule is CC1(C)SC2(c3cc(O)ccc3C(N)[C-]=O)CC(=O)N2C1(NOc1ccccc1C(=O)O)C(=O)O.[Na+]. The van der Waals surface area contributed by atoms with Crippen LogP contribution < -0.4 is 45.6 Å². The molecule has 0 bridgehead atoms. The molecule has 13 heteroatoms. The minimum Gasteiger partial charge on any atom is -0.540 e. The fourth-order valence-corrected chi connectivity index (χ4v) is 6.72. The van der Waals surface area contributed by atoms with E-state index in [0.717, 1.165) is 16.7 Å². The predicted molar refractivity (Wildman–Crippen MR) is 123 cm³/mol.